The third-order valence-electron chi connectivity index (χ3n) is 4.99. The summed E-state index contributed by atoms with van der Waals surface area (Å²) in [5.74, 6) is 2.70. The predicted octanol–water partition coefficient (Wildman–Crippen LogP) is 2.78. The van der Waals surface area contributed by atoms with Crippen molar-refractivity contribution in [1.82, 2.24) is 14.9 Å². The summed E-state index contributed by atoms with van der Waals surface area (Å²) >= 11 is 0. The average Bonchev–Trinajstić information content (AvgIpc) is 3.15. The number of nitrogens with zero attached hydrogens (tertiary/aromatic N) is 3. The monoisotopic (exact) mass is 371 g/mol. The summed E-state index contributed by atoms with van der Waals surface area (Å²) in [6, 6.07) is 7.92. The lowest BCUT2D eigenvalue weighted by Crippen LogP contribution is -2.28. The highest BCUT2D eigenvalue weighted by atomic mass is 16.6. The zero-order valence-corrected chi connectivity index (χ0v) is 16.0. The van der Waals surface area contributed by atoms with E-state index in [-0.39, 0.29) is 12.1 Å². The van der Waals surface area contributed by atoms with Gasteiger partial charge in [0.2, 0.25) is 5.88 Å². The molecule has 0 saturated carbocycles. The minimum absolute atomic E-state index is 0.135. The summed E-state index contributed by atoms with van der Waals surface area (Å²) < 4.78 is 22.6. The first-order valence-corrected chi connectivity index (χ1v) is 9.32. The molecule has 0 amide bonds. The van der Waals surface area contributed by atoms with E-state index in [4.69, 9.17) is 18.9 Å². The second-order valence-corrected chi connectivity index (χ2v) is 6.92. The van der Waals surface area contributed by atoms with Gasteiger partial charge >= 0.3 is 0 Å². The van der Waals surface area contributed by atoms with Crippen LogP contribution in [0.25, 0.3) is 0 Å². The minimum Gasteiger partial charge on any atom is -0.489 e. The molecule has 1 saturated heterocycles. The standard InChI is InChI=1S/C20H25N3O4/c1-13-10-16(11-19(21-13)24-3)27-15-6-7-23(12-15)14(2)17-4-5-18-20(22-17)26-9-8-25-18/h4-5,10-11,14-15H,6-9,12H2,1-3H3/t14?,15-/m0/s1. The van der Waals surface area contributed by atoms with Crippen LogP contribution in [-0.4, -0.2) is 54.4 Å². The number of rotatable bonds is 5. The van der Waals surface area contributed by atoms with E-state index in [9.17, 15) is 0 Å². The van der Waals surface area contributed by atoms with Gasteiger partial charge in [0, 0.05) is 37.0 Å². The van der Waals surface area contributed by atoms with Crippen molar-refractivity contribution in [2.45, 2.75) is 32.4 Å². The number of hydrogen-bond acceptors (Lipinski definition) is 7. The molecule has 144 valence electrons. The summed E-state index contributed by atoms with van der Waals surface area (Å²) in [6.07, 6.45) is 1.11. The van der Waals surface area contributed by atoms with E-state index in [0.29, 0.717) is 25.0 Å². The number of aromatic nitrogens is 2. The van der Waals surface area contributed by atoms with Gasteiger partial charge in [0.05, 0.1) is 12.8 Å². The van der Waals surface area contributed by atoms with Crippen molar-refractivity contribution >= 4 is 0 Å². The molecular formula is C20H25N3O4. The Morgan fingerprint density at radius 2 is 2.04 bits per heavy atom. The van der Waals surface area contributed by atoms with Crippen molar-refractivity contribution in [3.05, 3.63) is 35.7 Å². The van der Waals surface area contributed by atoms with Crippen molar-refractivity contribution in [2.75, 3.05) is 33.4 Å². The van der Waals surface area contributed by atoms with E-state index < -0.39 is 0 Å². The van der Waals surface area contributed by atoms with Crippen LogP contribution in [0.5, 0.6) is 23.3 Å². The van der Waals surface area contributed by atoms with Crippen LogP contribution < -0.4 is 18.9 Å². The molecule has 0 bridgehead atoms. The number of fused-ring (bicyclic) bond motifs is 1. The van der Waals surface area contributed by atoms with Crippen LogP contribution in [-0.2, 0) is 0 Å². The van der Waals surface area contributed by atoms with Crippen LogP contribution in [0.15, 0.2) is 24.3 Å². The summed E-state index contributed by atoms with van der Waals surface area (Å²) in [5.41, 5.74) is 1.87. The molecule has 2 aliphatic heterocycles. The Balaban J connectivity index is 1.41. The van der Waals surface area contributed by atoms with Gasteiger partial charge in [-0.15, -0.1) is 0 Å². The third-order valence-corrected chi connectivity index (χ3v) is 4.99. The average molecular weight is 371 g/mol. The number of ether oxygens (including phenoxy) is 4. The SMILES string of the molecule is COc1cc(O[C@H]2CCN(C(C)c3ccc4c(n3)OCCO4)C2)cc(C)n1. The largest absolute Gasteiger partial charge is 0.489 e. The lowest BCUT2D eigenvalue weighted by atomic mass is 10.2. The fourth-order valence-electron chi connectivity index (χ4n) is 3.54. The van der Waals surface area contributed by atoms with Gasteiger partial charge in [-0.2, -0.15) is 0 Å². The van der Waals surface area contributed by atoms with E-state index in [2.05, 4.69) is 21.8 Å². The van der Waals surface area contributed by atoms with Gasteiger partial charge in [0.1, 0.15) is 25.1 Å². The van der Waals surface area contributed by atoms with Crippen molar-refractivity contribution in [1.29, 1.82) is 0 Å². The Hall–Kier alpha value is -2.54. The van der Waals surface area contributed by atoms with Gasteiger partial charge < -0.3 is 18.9 Å². The van der Waals surface area contributed by atoms with Gasteiger partial charge in [-0.05, 0) is 32.4 Å². The summed E-state index contributed by atoms with van der Waals surface area (Å²) in [4.78, 5) is 11.3. The molecule has 2 aromatic heterocycles. The highest BCUT2D eigenvalue weighted by Gasteiger charge is 2.29. The van der Waals surface area contributed by atoms with Crippen LogP contribution in [0.1, 0.15) is 30.8 Å². The van der Waals surface area contributed by atoms with E-state index in [1.807, 2.05) is 31.2 Å². The molecule has 0 spiro atoms. The second-order valence-electron chi connectivity index (χ2n) is 6.92. The first kappa shape index (κ1) is 17.9. The summed E-state index contributed by atoms with van der Waals surface area (Å²) in [7, 11) is 1.62. The Labute approximate surface area is 159 Å². The quantitative estimate of drug-likeness (QED) is 0.801. The van der Waals surface area contributed by atoms with E-state index in [1.54, 1.807) is 7.11 Å². The molecule has 0 radical (unpaired) electrons. The Morgan fingerprint density at radius 3 is 2.89 bits per heavy atom. The molecule has 0 aromatic carbocycles. The number of likely N-dealkylation sites (tertiary alicyclic amines) is 1. The number of hydrogen-bond donors (Lipinski definition) is 0. The van der Waals surface area contributed by atoms with Crippen LogP contribution in [0, 0.1) is 6.92 Å². The molecule has 27 heavy (non-hydrogen) atoms. The molecule has 7 nitrogen and oxygen atoms in total. The molecule has 2 atom stereocenters. The molecule has 1 fully saturated rings. The van der Waals surface area contributed by atoms with Crippen LogP contribution in [0.3, 0.4) is 0 Å². The maximum Gasteiger partial charge on any atom is 0.257 e. The lowest BCUT2D eigenvalue weighted by Gasteiger charge is -2.25. The molecule has 2 aromatic rings. The van der Waals surface area contributed by atoms with Gasteiger partial charge in [-0.25, -0.2) is 9.97 Å². The van der Waals surface area contributed by atoms with Crippen molar-refractivity contribution < 1.29 is 18.9 Å². The highest BCUT2D eigenvalue weighted by molar-refractivity contribution is 5.36. The second kappa shape index (κ2) is 7.60. The maximum atomic E-state index is 6.18. The van der Waals surface area contributed by atoms with E-state index in [0.717, 1.165) is 42.4 Å². The van der Waals surface area contributed by atoms with Crippen LogP contribution >= 0.6 is 0 Å². The topological polar surface area (TPSA) is 65.9 Å². The zero-order chi connectivity index (χ0) is 18.8. The van der Waals surface area contributed by atoms with Crippen molar-refractivity contribution in [2.24, 2.45) is 0 Å². The fourth-order valence-corrected chi connectivity index (χ4v) is 3.54. The smallest absolute Gasteiger partial charge is 0.257 e. The molecule has 0 aliphatic carbocycles. The third kappa shape index (κ3) is 3.93. The van der Waals surface area contributed by atoms with Crippen LogP contribution in [0.4, 0.5) is 0 Å². The number of methoxy groups -OCH3 is 1. The first-order chi connectivity index (χ1) is 13.1. The molecule has 1 unspecified atom stereocenters. The molecule has 4 heterocycles. The summed E-state index contributed by atoms with van der Waals surface area (Å²) in [6.45, 7) is 7.04. The van der Waals surface area contributed by atoms with Gasteiger partial charge in [0.15, 0.2) is 5.75 Å². The maximum absolute atomic E-state index is 6.18. The summed E-state index contributed by atoms with van der Waals surface area (Å²) in [5, 5.41) is 0. The lowest BCUT2D eigenvalue weighted by molar-refractivity contribution is 0.160. The number of aryl methyl sites for hydroxylation is 1. The molecule has 7 heteroatoms. The Morgan fingerprint density at radius 1 is 1.19 bits per heavy atom. The fraction of sp³-hybridized carbons (Fsp3) is 0.500. The Bertz CT molecular complexity index is 814. The van der Waals surface area contributed by atoms with Gasteiger partial charge in [-0.3, -0.25) is 4.90 Å². The Kier molecular flexibility index (Phi) is 5.03. The zero-order valence-electron chi connectivity index (χ0n) is 16.0. The van der Waals surface area contributed by atoms with Gasteiger partial charge in [0.25, 0.3) is 5.88 Å². The van der Waals surface area contributed by atoms with Gasteiger partial charge in [-0.1, -0.05) is 0 Å². The van der Waals surface area contributed by atoms with E-state index in [1.165, 1.54) is 0 Å². The highest BCUT2D eigenvalue weighted by Crippen LogP contribution is 2.32. The first-order valence-electron chi connectivity index (χ1n) is 9.32. The molecule has 4 rings (SSSR count). The molecule has 2 aliphatic rings. The minimum atomic E-state index is 0.135. The van der Waals surface area contributed by atoms with Crippen LogP contribution in [0.2, 0.25) is 0 Å². The van der Waals surface area contributed by atoms with Crippen molar-refractivity contribution in [3.8, 4) is 23.3 Å². The van der Waals surface area contributed by atoms with E-state index >= 15 is 0 Å². The van der Waals surface area contributed by atoms with Crippen molar-refractivity contribution in [3.63, 3.8) is 0 Å². The molecular weight excluding hydrogens is 346 g/mol. The normalized spacial score (nSPS) is 20.3. The number of pyridine rings is 2. The predicted molar refractivity (Wildman–Crippen MR) is 99.8 cm³/mol. The molecule has 0 N–H and O–H groups in total.